The van der Waals surface area contributed by atoms with Gasteiger partial charge in [-0.05, 0) is 0 Å². The number of rotatable bonds is 2. The molecule has 6 heavy (non-hydrogen) atoms. The zero-order chi connectivity index (χ0) is 4.99. The standard InChI is InChI=1S/H4N2O3S/c3-1-2-6(4)5/h1-3H,(H,4,5). The first kappa shape index (κ1) is 5.99. The molecule has 0 saturated carbocycles. The molecule has 0 bridgehead atoms. The van der Waals surface area contributed by atoms with Crippen LogP contribution in [-0.2, 0) is 11.3 Å². The molecule has 0 aromatic rings. The van der Waals surface area contributed by atoms with E-state index in [-0.39, 0.29) is 0 Å². The van der Waals surface area contributed by atoms with Crippen LogP contribution in [0.15, 0.2) is 0 Å². The topological polar surface area (TPSA) is 81.6 Å². The van der Waals surface area contributed by atoms with Gasteiger partial charge in [0.15, 0.2) is 0 Å². The van der Waals surface area contributed by atoms with Crippen LogP contribution in [0.4, 0.5) is 0 Å². The highest BCUT2D eigenvalue weighted by atomic mass is 32.2. The van der Waals surface area contributed by atoms with E-state index in [0.717, 1.165) is 0 Å². The molecule has 0 aliphatic carbocycles. The molecule has 5 nitrogen and oxygen atoms in total. The summed E-state index contributed by atoms with van der Waals surface area (Å²) in [5.74, 6) is 0. The number of hydrazine groups is 1. The van der Waals surface area contributed by atoms with Gasteiger partial charge in [-0.2, -0.15) is 0 Å². The van der Waals surface area contributed by atoms with Crippen molar-refractivity contribution in [2.75, 3.05) is 0 Å². The van der Waals surface area contributed by atoms with E-state index in [4.69, 9.17) is 9.76 Å². The minimum Gasteiger partial charge on any atom is -0.301 e. The molecule has 0 aliphatic rings. The Morgan fingerprint density at radius 2 is 2.17 bits per heavy atom. The van der Waals surface area contributed by atoms with Crippen LogP contribution in [0, 0.1) is 0 Å². The van der Waals surface area contributed by atoms with Gasteiger partial charge in [0, 0.05) is 0 Å². The van der Waals surface area contributed by atoms with Crippen LogP contribution in [0.1, 0.15) is 0 Å². The van der Waals surface area contributed by atoms with Gasteiger partial charge in [-0.1, -0.05) is 0 Å². The third kappa shape index (κ3) is 3.99. The quantitative estimate of drug-likeness (QED) is 0.262. The van der Waals surface area contributed by atoms with Gasteiger partial charge in [-0.15, -0.1) is 10.4 Å². The zero-order valence-electron chi connectivity index (χ0n) is 2.71. The summed E-state index contributed by atoms with van der Waals surface area (Å²) in [5.41, 5.74) is 1.27. The molecule has 4 N–H and O–H groups in total. The highest BCUT2D eigenvalue weighted by Gasteiger charge is 1.79. The molecule has 0 heterocycles. The molecular formula is H4N2O3S. The highest BCUT2D eigenvalue weighted by Crippen LogP contribution is 1.48. The monoisotopic (exact) mass is 112 g/mol. The highest BCUT2D eigenvalue weighted by molar-refractivity contribution is 7.77. The molecule has 38 valence electrons. The summed E-state index contributed by atoms with van der Waals surface area (Å²) in [4.78, 5) is 1.54. The minimum atomic E-state index is -2.18. The van der Waals surface area contributed by atoms with Crippen LogP contribution in [0.3, 0.4) is 0 Å². The van der Waals surface area contributed by atoms with E-state index in [9.17, 15) is 4.21 Å². The van der Waals surface area contributed by atoms with Gasteiger partial charge < -0.3 is 5.21 Å². The average Bonchev–Trinajstić information content (AvgIpc) is 1.35. The molecule has 0 spiro atoms. The van der Waals surface area contributed by atoms with E-state index in [1.807, 2.05) is 0 Å². The maximum atomic E-state index is 9.38. The third-order valence-corrected chi connectivity index (χ3v) is 0.399. The Morgan fingerprint density at radius 1 is 1.67 bits per heavy atom. The second kappa shape index (κ2) is 3.19. The normalized spacial score (nSPS) is 14.3. The predicted octanol–water partition coefficient (Wildman–Crippen LogP) is -1.39. The summed E-state index contributed by atoms with van der Waals surface area (Å²) in [5, 5.41) is 7.52. The molecule has 0 fully saturated rings. The molecule has 6 heteroatoms. The lowest BCUT2D eigenvalue weighted by Gasteiger charge is -1.87. The fourth-order valence-electron chi connectivity index (χ4n) is 0.0390. The van der Waals surface area contributed by atoms with Crippen LogP contribution < -0.4 is 10.4 Å². The van der Waals surface area contributed by atoms with Gasteiger partial charge in [0.2, 0.25) is 11.3 Å². The summed E-state index contributed by atoms with van der Waals surface area (Å²) in [7, 11) is 0. The van der Waals surface area contributed by atoms with Crippen LogP contribution in [0.25, 0.3) is 0 Å². The lowest BCUT2D eigenvalue weighted by atomic mass is 12.8. The maximum Gasteiger partial charge on any atom is 0.247 e. The number of hydrogen-bond donors (Lipinski definition) is 4. The fraction of sp³-hybridized carbons (Fsp3) is 0. The molecule has 0 aromatic carbocycles. The molecule has 0 saturated heterocycles. The van der Waals surface area contributed by atoms with Gasteiger partial charge in [0.05, 0.1) is 0 Å². The van der Waals surface area contributed by atoms with Gasteiger partial charge in [0.1, 0.15) is 0 Å². The molecule has 0 aliphatic heterocycles. The second-order valence-corrected chi connectivity index (χ2v) is 1.17. The zero-order valence-corrected chi connectivity index (χ0v) is 3.53. The van der Waals surface area contributed by atoms with E-state index >= 15 is 0 Å². The van der Waals surface area contributed by atoms with E-state index in [1.54, 1.807) is 4.83 Å². The summed E-state index contributed by atoms with van der Waals surface area (Å²) >= 11 is -2.18. The summed E-state index contributed by atoms with van der Waals surface area (Å²) in [6.45, 7) is 0. The van der Waals surface area contributed by atoms with Crippen molar-refractivity contribution in [2.45, 2.75) is 0 Å². The Balaban J connectivity index is 2.83. The Morgan fingerprint density at radius 3 is 2.17 bits per heavy atom. The van der Waals surface area contributed by atoms with Crippen molar-refractivity contribution in [2.24, 2.45) is 0 Å². The second-order valence-electron chi connectivity index (χ2n) is 0.463. The predicted molar refractivity (Wildman–Crippen MR) is 18.8 cm³/mol. The van der Waals surface area contributed by atoms with Crippen molar-refractivity contribution in [1.29, 1.82) is 0 Å². The average molecular weight is 112 g/mol. The van der Waals surface area contributed by atoms with Gasteiger partial charge in [-0.25, -0.2) is 4.21 Å². The number of nitrogens with one attached hydrogen (secondary N) is 2. The van der Waals surface area contributed by atoms with Crippen molar-refractivity contribution >= 4 is 11.3 Å². The van der Waals surface area contributed by atoms with Crippen LogP contribution in [0.5, 0.6) is 0 Å². The Kier molecular flexibility index (Phi) is 3.19. The SMILES string of the molecule is O=S(O)NNO. The van der Waals surface area contributed by atoms with Crippen molar-refractivity contribution in [3.05, 3.63) is 0 Å². The molecule has 0 aromatic heterocycles. The van der Waals surface area contributed by atoms with Crippen LogP contribution >= 0.6 is 0 Å². The summed E-state index contributed by atoms with van der Waals surface area (Å²) in [6, 6.07) is 0. The number of hydrogen-bond acceptors (Lipinski definition) is 3. The van der Waals surface area contributed by atoms with Crippen LogP contribution in [0.2, 0.25) is 0 Å². The Bertz CT molecular complexity index is 52.8. The Hall–Kier alpha value is -0.0100. The largest absolute Gasteiger partial charge is 0.301 e. The first-order valence-electron chi connectivity index (χ1n) is 1.03. The molecule has 1 unspecified atom stereocenters. The first-order chi connectivity index (χ1) is 2.77. The summed E-state index contributed by atoms with van der Waals surface area (Å²) < 4.78 is 17.1. The van der Waals surface area contributed by atoms with E-state index in [2.05, 4.69) is 0 Å². The van der Waals surface area contributed by atoms with Crippen LogP contribution in [-0.4, -0.2) is 14.0 Å². The summed E-state index contributed by atoms with van der Waals surface area (Å²) in [6.07, 6.45) is 0. The minimum absolute atomic E-state index is 1.27. The van der Waals surface area contributed by atoms with Crippen molar-refractivity contribution in [3.8, 4) is 0 Å². The smallest absolute Gasteiger partial charge is 0.247 e. The van der Waals surface area contributed by atoms with Crippen molar-refractivity contribution in [1.82, 2.24) is 10.4 Å². The molecule has 1 atom stereocenters. The molecule has 0 amide bonds. The maximum absolute atomic E-state index is 9.38. The molecule has 0 radical (unpaired) electrons. The fourth-order valence-corrected chi connectivity index (χ4v) is 0.117. The third-order valence-electron chi connectivity index (χ3n) is 0.133. The Labute approximate surface area is 36.7 Å². The van der Waals surface area contributed by atoms with Gasteiger partial charge in [0.25, 0.3) is 0 Å². The van der Waals surface area contributed by atoms with E-state index in [0.29, 0.717) is 0 Å². The van der Waals surface area contributed by atoms with Crippen molar-refractivity contribution in [3.63, 3.8) is 0 Å². The van der Waals surface area contributed by atoms with Crippen molar-refractivity contribution < 1.29 is 14.0 Å². The van der Waals surface area contributed by atoms with Gasteiger partial charge in [-0.3, -0.25) is 4.55 Å². The van der Waals surface area contributed by atoms with E-state index < -0.39 is 11.3 Å². The molecular weight excluding hydrogens is 108 g/mol. The van der Waals surface area contributed by atoms with E-state index in [1.165, 1.54) is 5.59 Å². The lowest BCUT2D eigenvalue weighted by molar-refractivity contribution is 0.148. The molecule has 0 rings (SSSR count). The van der Waals surface area contributed by atoms with Gasteiger partial charge >= 0.3 is 0 Å². The lowest BCUT2D eigenvalue weighted by Crippen LogP contribution is -2.29. The first-order valence-corrected chi connectivity index (χ1v) is 2.13.